The monoisotopic (exact) mass is 424 g/mol. The summed E-state index contributed by atoms with van der Waals surface area (Å²) in [7, 11) is 2.08. The van der Waals surface area contributed by atoms with Gasteiger partial charge in [-0.05, 0) is 50.4 Å². The number of hydrogen-bond donors (Lipinski definition) is 2. The van der Waals surface area contributed by atoms with Gasteiger partial charge in [0.05, 0.1) is 0 Å². The summed E-state index contributed by atoms with van der Waals surface area (Å²) in [5.74, 6) is 2.72. The number of aromatic nitrogens is 4. The van der Waals surface area contributed by atoms with E-state index >= 15 is 0 Å². The number of nitrogen functional groups attached to an aromatic ring is 1. The molecule has 2 aliphatic rings. The third-order valence-corrected chi connectivity index (χ3v) is 6.94. The van der Waals surface area contributed by atoms with Crippen LogP contribution in [0.25, 0.3) is 11.2 Å². The van der Waals surface area contributed by atoms with Crippen molar-refractivity contribution in [1.29, 1.82) is 0 Å². The third-order valence-electron chi connectivity index (χ3n) is 5.79. The van der Waals surface area contributed by atoms with E-state index in [9.17, 15) is 0 Å². The van der Waals surface area contributed by atoms with Crippen molar-refractivity contribution in [3.8, 4) is 11.5 Å². The lowest BCUT2D eigenvalue weighted by molar-refractivity contribution is 0.171. The SMILES string of the molecule is Bc1cc2c(cc1Sc1nc3c(N)ncnc3n1CCC1CCNCC1)OCCO2. The summed E-state index contributed by atoms with van der Waals surface area (Å²) in [6.45, 7) is 4.22. The lowest BCUT2D eigenvalue weighted by Crippen LogP contribution is -2.28. The van der Waals surface area contributed by atoms with Gasteiger partial charge < -0.3 is 25.1 Å². The van der Waals surface area contributed by atoms with Crippen molar-refractivity contribution in [2.24, 2.45) is 5.92 Å². The zero-order valence-corrected chi connectivity index (χ0v) is 17.9. The number of aryl methyl sites for hydroxylation is 1. The summed E-state index contributed by atoms with van der Waals surface area (Å²) >= 11 is 1.62. The summed E-state index contributed by atoms with van der Waals surface area (Å²) in [4.78, 5) is 14.5. The number of fused-ring (bicyclic) bond motifs is 2. The Kier molecular flexibility index (Phi) is 5.43. The number of imidazole rings is 1. The fraction of sp³-hybridized carbons (Fsp3) is 0.450. The van der Waals surface area contributed by atoms with Crippen LogP contribution in [0.15, 0.2) is 28.5 Å². The largest absolute Gasteiger partial charge is 0.486 e. The van der Waals surface area contributed by atoms with Crippen LogP contribution in [0.1, 0.15) is 19.3 Å². The third kappa shape index (κ3) is 3.81. The standard InChI is InChI=1S/C20H25BN6O2S/c21-13-9-14-15(29-8-7-28-14)10-16(13)30-20-26-17-18(22)24-11-25-19(17)27(20)6-3-12-1-4-23-5-2-12/h9-12,23H,1-8,21H2,(H2,22,24,25). The average molecular weight is 424 g/mol. The van der Waals surface area contributed by atoms with E-state index in [1.54, 1.807) is 11.8 Å². The second kappa shape index (κ2) is 8.35. The molecule has 5 rings (SSSR count). The quantitative estimate of drug-likeness (QED) is 0.585. The van der Waals surface area contributed by atoms with E-state index in [0.29, 0.717) is 24.5 Å². The predicted molar refractivity (Wildman–Crippen MR) is 120 cm³/mol. The highest BCUT2D eigenvalue weighted by Gasteiger charge is 2.21. The van der Waals surface area contributed by atoms with Crippen molar-refractivity contribution in [3.63, 3.8) is 0 Å². The van der Waals surface area contributed by atoms with E-state index in [2.05, 4.69) is 27.7 Å². The first-order valence-electron chi connectivity index (χ1n) is 10.4. The van der Waals surface area contributed by atoms with Crippen molar-refractivity contribution in [3.05, 3.63) is 18.5 Å². The minimum Gasteiger partial charge on any atom is -0.486 e. The van der Waals surface area contributed by atoms with Crippen molar-refractivity contribution in [2.75, 3.05) is 32.0 Å². The van der Waals surface area contributed by atoms with Gasteiger partial charge in [-0.2, -0.15) is 0 Å². The van der Waals surface area contributed by atoms with E-state index in [1.165, 1.54) is 19.2 Å². The van der Waals surface area contributed by atoms with Crippen molar-refractivity contribution in [2.45, 2.75) is 35.9 Å². The van der Waals surface area contributed by atoms with Gasteiger partial charge in [0.15, 0.2) is 33.6 Å². The van der Waals surface area contributed by atoms with Gasteiger partial charge in [-0.1, -0.05) is 17.2 Å². The van der Waals surface area contributed by atoms with Gasteiger partial charge in [-0.15, -0.1) is 0 Å². The molecule has 3 aromatic rings. The molecular weight excluding hydrogens is 399 g/mol. The molecule has 30 heavy (non-hydrogen) atoms. The van der Waals surface area contributed by atoms with E-state index in [1.807, 2.05) is 12.1 Å². The van der Waals surface area contributed by atoms with Gasteiger partial charge >= 0.3 is 0 Å². The smallest absolute Gasteiger partial charge is 0.175 e. The highest BCUT2D eigenvalue weighted by molar-refractivity contribution is 7.99. The maximum absolute atomic E-state index is 6.11. The minimum absolute atomic E-state index is 0.418. The fourth-order valence-electron chi connectivity index (χ4n) is 4.08. The Labute approximate surface area is 180 Å². The number of hydrogen-bond acceptors (Lipinski definition) is 8. The summed E-state index contributed by atoms with van der Waals surface area (Å²) in [6, 6.07) is 4.08. The van der Waals surface area contributed by atoms with Gasteiger partial charge in [0.1, 0.15) is 27.4 Å². The fourth-order valence-corrected chi connectivity index (χ4v) is 5.08. The molecule has 4 heterocycles. The van der Waals surface area contributed by atoms with Gasteiger partial charge in [0.25, 0.3) is 0 Å². The van der Waals surface area contributed by atoms with Crippen LogP contribution < -0.4 is 26.0 Å². The highest BCUT2D eigenvalue weighted by atomic mass is 32.2. The van der Waals surface area contributed by atoms with Gasteiger partial charge in [0.2, 0.25) is 0 Å². The first-order valence-corrected chi connectivity index (χ1v) is 11.3. The van der Waals surface area contributed by atoms with Gasteiger partial charge in [0, 0.05) is 11.4 Å². The number of rotatable bonds is 5. The molecule has 2 aromatic heterocycles. The van der Waals surface area contributed by atoms with Crippen molar-refractivity contribution < 1.29 is 9.47 Å². The van der Waals surface area contributed by atoms with Crippen LogP contribution in [0, 0.1) is 5.92 Å². The Bertz CT molecular complexity index is 1070. The van der Waals surface area contributed by atoms with E-state index in [4.69, 9.17) is 20.2 Å². The van der Waals surface area contributed by atoms with Crippen LogP contribution in [0.3, 0.4) is 0 Å². The lowest BCUT2D eigenvalue weighted by atomic mass is 9.95. The van der Waals surface area contributed by atoms with Crippen LogP contribution in [-0.2, 0) is 6.54 Å². The number of piperidine rings is 1. The number of ether oxygens (including phenoxy) is 2. The molecule has 0 bridgehead atoms. The summed E-state index contributed by atoms with van der Waals surface area (Å²) in [5, 5.41) is 4.32. The molecule has 0 radical (unpaired) electrons. The molecule has 8 nitrogen and oxygen atoms in total. The molecule has 0 amide bonds. The van der Waals surface area contributed by atoms with E-state index in [-0.39, 0.29) is 0 Å². The molecule has 3 N–H and O–H groups in total. The molecular formula is C20H25BN6O2S. The zero-order chi connectivity index (χ0) is 20.5. The maximum atomic E-state index is 6.11. The first-order chi connectivity index (χ1) is 14.7. The molecule has 1 saturated heterocycles. The van der Waals surface area contributed by atoms with E-state index in [0.717, 1.165) is 64.6 Å². The molecule has 2 aliphatic heterocycles. The average Bonchev–Trinajstić information content (AvgIpc) is 3.12. The number of nitrogens with zero attached hydrogens (tertiary/aromatic N) is 4. The number of benzene rings is 1. The Balaban J connectivity index is 1.48. The molecule has 0 saturated carbocycles. The number of nitrogens with two attached hydrogens (primary N) is 1. The highest BCUT2D eigenvalue weighted by Crippen LogP contribution is 2.36. The van der Waals surface area contributed by atoms with Crippen molar-refractivity contribution in [1.82, 2.24) is 24.8 Å². The van der Waals surface area contributed by atoms with E-state index < -0.39 is 0 Å². The number of nitrogens with one attached hydrogen (secondary N) is 1. The zero-order valence-electron chi connectivity index (χ0n) is 17.1. The normalized spacial score (nSPS) is 16.8. The van der Waals surface area contributed by atoms with Gasteiger partial charge in [-0.3, -0.25) is 0 Å². The molecule has 156 valence electrons. The topological polar surface area (TPSA) is 100 Å². The van der Waals surface area contributed by atoms with Crippen LogP contribution >= 0.6 is 11.8 Å². The Morgan fingerprint density at radius 1 is 1.17 bits per heavy atom. The van der Waals surface area contributed by atoms with Crippen LogP contribution in [-0.4, -0.2) is 53.7 Å². The summed E-state index contributed by atoms with van der Waals surface area (Å²) in [5.41, 5.74) is 8.70. The van der Waals surface area contributed by atoms with Crippen LogP contribution in [0.2, 0.25) is 0 Å². The predicted octanol–water partition coefficient (Wildman–Crippen LogP) is 0.979. The van der Waals surface area contributed by atoms with Crippen molar-refractivity contribution >= 4 is 42.1 Å². The molecule has 0 aliphatic carbocycles. The Morgan fingerprint density at radius 2 is 1.93 bits per heavy atom. The first kappa shape index (κ1) is 19.5. The summed E-state index contributed by atoms with van der Waals surface area (Å²) < 4.78 is 13.7. The van der Waals surface area contributed by atoms with Gasteiger partial charge in [-0.25, -0.2) is 15.0 Å². The Morgan fingerprint density at radius 3 is 2.73 bits per heavy atom. The number of anilines is 1. The second-order valence-electron chi connectivity index (χ2n) is 7.82. The molecule has 10 heteroatoms. The maximum Gasteiger partial charge on any atom is 0.175 e. The second-order valence-corrected chi connectivity index (χ2v) is 8.83. The molecule has 1 aromatic carbocycles. The molecule has 0 unspecified atom stereocenters. The minimum atomic E-state index is 0.418. The molecule has 0 atom stereocenters. The lowest BCUT2D eigenvalue weighted by Gasteiger charge is -2.23. The summed E-state index contributed by atoms with van der Waals surface area (Å²) in [6.07, 6.45) is 5.05. The molecule has 1 fully saturated rings. The Hall–Kier alpha value is -2.46. The van der Waals surface area contributed by atoms with Crippen LogP contribution in [0.5, 0.6) is 11.5 Å². The molecule has 0 spiro atoms. The van der Waals surface area contributed by atoms with Crippen LogP contribution in [0.4, 0.5) is 5.82 Å².